The van der Waals surface area contributed by atoms with Gasteiger partial charge in [0, 0.05) is 5.69 Å². The monoisotopic (exact) mass is 253 g/mol. The number of carbonyl (C=O) groups is 1. The Morgan fingerprint density at radius 2 is 2.00 bits per heavy atom. The predicted octanol–water partition coefficient (Wildman–Crippen LogP) is 1.38. The van der Waals surface area contributed by atoms with Crippen LogP contribution < -0.4 is 16.8 Å². The van der Waals surface area contributed by atoms with Crippen LogP contribution in [-0.2, 0) is 0 Å². The van der Waals surface area contributed by atoms with Gasteiger partial charge in [-0.2, -0.15) is 5.26 Å². The van der Waals surface area contributed by atoms with Gasteiger partial charge in [0.1, 0.15) is 5.82 Å². The summed E-state index contributed by atoms with van der Waals surface area (Å²) in [6, 6.07) is 10.3. The third-order valence-electron chi connectivity index (χ3n) is 2.49. The standard InChI is InChI=1S/C13H11N5O/c14-6-8-1-3-9(4-2-8)18-12-5-10(13(16)19)11(15)7-17-12/h1-5,7H,15H2,(H2,16,19)(H,17,18). The Labute approximate surface area is 109 Å². The first-order chi connectivity index (χ1) is 9.10. The molecule has 6 heteroatoms. The van der Waals surface area contributed by atoms with Crippen molar-refractivity contribution < 1.29 is 4.79 Å². The molecular weight excluding hydrogens is 242 g/mol. The number of hydrogen-bond acceptors (Lipinski definition) is 5. The topological polar surface area (TPSA) is 118 Å². The number of hydrogen-bond donors (Lipinski definition) is 3. The molecule has 2 rings (SSSR count). The highest BCUT2D eigenvalue weighted by Gasteiger charge is 2.07. The largest absolute Gasteiger partial charge is 0.397 e. The van der Waals surface area contributed by atoms with Crippen molar-refractivity contribution in [2.75, 3.05) is 11.1 Å². The summed E-state index contributed by atoms with van der Waals surface area (Å²) in [6.07, 6.45) is 1.37. The van der Waals surface area contributed by atoms with Crippen LogP contribution in [0, 0.1) is 11.3 Å². The molecular formula is C13H11N5O. The van der Waals surface area contributed by atoms with Crippen molar-refractivity contribution in [2.24, 2.45) is 5.73 Å². The molecule has 5 N–H and O–H groups in total. The van der Waals surface area contributed by atoms with Crippen molar-refractivity contribution in [3.63, 3.8) is 0 Å². The number of primary amides is 1. The van der Waals surface area contributed by atoms with Gasteiger partial charge >= 0.3 is 0 Å². The fourth-order valence-corrected chi connectivity index (χ4v) is 1.52. The maximum atomic E-state index is 11.2. The molecule has 1 heterocycles. The summed E-state index contributed by atoms with van der Waals surface area (Å²) in [5, 5.41) is 11.7. The van der Waals surface area contributed by atoms with Crippen molar-refractivity contribution in [3.8, 4) is 6.07 Å². The number of pyridine rings is 1. The number of aromatic nitrogens is 1. The fourth-order valence-electron chi connectivity index (χ4n) is 1.52. The zero-order valence-electron chi connectivity index (χ0n) is 9.92. The molecule has 0 radical (unpaired) electrons. The second-order valence-electron chi connectivity index (χ2n) is 3.84. The highest BCUT2D eigenvalue weighted by Crippen LogP contribution is 2.19. The van der Waals surface area contributed by atoms with Crippen molar-refractivity contribution >= 4 is 23.1 Å². The van der Waals surface area contributed by atoms with Gasteiger partial charge in [-0.05, 0) is 30.3 Å². The molecule has 0 spiro atoms. The summed E-state index contributed by atoms with van der Waals surface area (Å²) < 4.78 is 0. The van der Waals surface area contributed by atoms with E-state index in [9.17, 15) is 4.79 Å². The Bertz CT molecular complexity index is 658. The van der Waals surface area contributed by atoms with E-state index in [-0.39, 0.29) is 11.3 Å². The van der Waals surface area contributed by atoms with Gasteiger partial charge in [-0.15, -0.1) is 0 Å². The molecule has 1 aromatic carbocycles. The van der Waals surface area contributed by atoms with E-state index in [1.165, 1.54) is 12.3 Å². The lowest BCUT2D eigenvalue weighted by atomic mass is 10.2. The van der Waals surface area contributed by atoms with Crippen molar-refractivity contribution in [3.05, 3.63) is 47.7 Å². The van der Waals surface area contributed by atoms with Gasteiger partial charge in [0.05, 0.1) is 29.1 Å². The normalized spacial score (nSPS) is 9.63. The van der Waals surface area contributed by atoms with E-state index in [4.69, 9.17) is 16.7 Å². The molecule has 0 bridgehead atoms. The first-order valence-electron chi connectivity index (χ1n) is 5.42. The molecule has 2 aromatic rings. The summed E-state index contributed by atoms with van der Waals surface area (Å²) in [7, 11) is 0. The number of rotatable bonds is 3. The molecule has 0 aliphatic carbocycles. The van der Waals surface area contributed by atoms with Gasteiger partial charge in [0.2, 0.25) is 0 Å². The number of carbonyl (C=O) groups excluding carboxylic acids is 1. The number of nitrogen functional groups attached to an aromatic ring is 1. The van der Waals surface area contributed by atoms with E-state index in [2.05, 4.69) is 10.3 Å². The molecule has 0 aliphatic rings. The summed E-state index contributed by atoms with van der Waals surface area (Å²) in [4.78, 5) is 15.2. The van der Waals surface area contributed by atoms with Gasteiger partial charge in [-0.1, -0.05) is 0 Å². The lowest BCUT2D eigenvalue weighted by molar-refractivity contribution is 0.100. The molecule has 0 fully saturated rings. The van der Waals surface area contributed by atoms with Crippen LogP contribution in [0.15, 0.2) is 36.5 Å². The molecule has 6 nitrogen and oxygen atoms in total. The highest BCUT2D eigenvalue weighted by molar-refractivity contribution is 5.98. The first-order valence-corrected chi connectivity index (χ1v) is 5.42. The van der Waals surface area contributed by atoms with Crippen LogP contribution in [0.4, 0.5) is 17.2 Å². The Hall–Kier alpha value is -3.07. The van der Waals surface area contributed by atoms with Gasteiger partial charge in [0.25, 0.3) is 5.91 Å². The molecule has 19 heavy (non-hydrogen) atoms. The summed E-state index contributed by atoms with van der Waals surface area (Å²) in [5.74, 6) is -0.157. The molecule has 0 unspecified atom stereocenters. The molecule has 0 saturated heterocycles. The first kappa shape index (κ1) is 12.4. The average Bonchev–Trinajstić information content (AvgIpc) is 2.41. The second-order valence-corrected chi connectivity index (χ2v) is 3.84. The number of nitrogens with zero attached hydrogens (tertiary/aromatic N) is 2. The second kappa shape index (κ2) is 5.06. The lowest BCUT2D eigenvalue weighted by Gasteiger charge is -2.08. The van der Waals surface area contributed by atoms with Crippen LogP contribution in [-0.4, -0.2) is 10.9 Å². The van der Waals surface area contributed by atoms with Crippen molar-refractivity contribution in [1.82, 2.24) is 4.98 Å². The number of benzene rings is 1. The predicted molar refractivity (Wildman–Crippen MR) is 71.6 cm³/mol. The fraction of sp³-hybridized carbons (Fsp3) is 0. The minimum absolute atomic E-state index is 0.214. The van der Waals surface area contributed by atoms with E-state index < -0.39 is 5.91 Å². The maximum Gasteiger partial charge on any atom is 0.250 e. The van der Waals surface area contributed by atoms with E-state index in [1.807, 2.05) is 6.07 Å². The van der Waals surface area contributed by atoms with Gasteiger partial charge in [-0.3, -0.25) is 4.79 Å². The zero-order chi connectivity index (χ0) is 13.8. The van der Waals surface area contributed by atoms with Gasteiger partial charge in [0.15, 0.2) is 0 Å². The van der Waals surface area contributed by atoms with E-state index >= 15 is 0 Å². The van der Waals surface area contributed by atoms with Crippen LogP contribution >= 0.6 is 0 Å². The molecule has 1 aromatic heterocycles. The Kier molecular flexibility index (Phi) is 3.30. The summed E-state index contributed by atoms with van der Waals surface area (Å²) in [6.45, 7) is 0. The zero-order valence-corrected chi connectivity index (χ0v) is 9.92. The number of nitrogens with one attached hydrogen (secondary N) is 1. The Morgan fingerprint density at radius 3 is 2.58 bits per heavy atom. The molecule has 0 atom stereocenters. The quantitative estimate of drug-likeness (QED) is 0.763. The average molecular weight is 253 g/mol. The minimum Gasteiger partial charge on any atom is -0.397 e. The number of amides is 1. The van der Waals surface area contributed by atoms with Crippen molar-refractivity contribution in [2.45, 2.75) is 0 Å². The Balaban J connectivity index is 2.25. The number of nitriles is 1. The van der Waals surface area contributed by atoms with Crippen LogP contribution in [0.5, 0.6) is 0 Å². The summed E-state index contributed by atoms with van der Waals surface area (Å²) >= 11 is 0. The molecule has 0 saturated carbocycles. The van der Waals surface area contributed by atoms with E-state index in [0.717, 1.165) is 5.69 Å². The molecule has 0 aliphatic heterocycles. The van der Waals surface area contributed by atoms with Crippen LogP contribution in [0.2, 0.25) is 0 Å². The van der Waals surface area contributed by atoms with Crippen molar-refractivity contribution in [1.29, 1.82) is 5.26 Å². The van der Waals surface area contributed by atoms with Crippen LogP contribution in [0.25, 0.3) is 0 Å². The lowest BCUT2D eigenvalue weighted by Crippen LogP contribution is -2.14. The Morgan fingerprint density at radius 1 is 1.32 bits per heavy atom. The number of nitrogens with two attached hydrogens (primary N) is 2. The molecule has 94 valence electrons. The van der Waals surface area contributed by atoms with E-state index in [0.29, 0.717) is 11.4 Å². The van der Waals surface area contributed by atoms with E-state index in [1.54, 1.807) is 24.3 Å². The third-order valence-corrected chi connectivity index (χ3v) is 2.49. The smallest absolute Gasteiger partial charge is 0.250 e. The van der Waals surface area contributed by atoms with Gasteiger partial charge in [-0.25, -0.2) is 4.98 Å². The SMILES string of the molecule is N#Cc1ccc(Nc2cc(C(N)=O)c(N)cn2)cc1. The highest BCUT2D eigenvalue weighted by atomic mass is 16.1. The third kappa shape index (κ3) is 2.79. The summed E-state index contributed by atoms with van der Waals surface area (Å²) in [5.41, 5.74) is 12.6. The maximum absolute atomic E-state index is 11.2. The number of anilines is 3. The van der Waals surface area contributed by atoms with Crippen LogP contribution in [0.3, 0.4) is 0 Å². The minimum atomic E-state index is -0.609. The molecule has 1 amide bonds. The van der Waals surface area contributed by atoms with Gasteiger partial charge < -0.3 is 16.8 Å². The van der Waals surface area contributed by atoms with Crippen LogP contribution in [0.1, 0.15) is 15.9 Å².